The van der Waals surface area contributed by atoms with Gasteiger partial charge in [-0.05, 0) is 222 Å². The van der Waals surface area contributed by atoms with E-state index in [2.05, 4.69) is 273 Å². The molecule has 0 aromatic heterocycles. The minimum atomic E-state index is -0.260. The minimum absolute atomic E-state index is 0.260. The average molecular weight is 981 g/mol. The summed E-state index contributed by atoms with van der Waals surface area (Å²) in [5, 5.41) is 6.97. The molecule has 0 fully saturated rings. The van der Waals surface area contributed by atoms with Crippen molar-refractivity contribution in [2.75, 3.05) is 0 Å². The molecular formula is C76H49F. The number of rotatable bonds is 10. The quantitative estimate of drug-likeness (QED) is 0.120. The van der Waals surface area contributed by atoms with Crippen molar-refractivity contribution in [3.63, 3.8) is 0 Å². The van der Waals surface area contributed by atoms with Gasteiger partial charge in [0.1, 0.15) is 5.82 Å². The molecule has 360 valence electrons. The molecule has 0 aliphatic heterocycles. The van der Waals surface area contributed by atoms with Gasteiger partial charge in [-0.25, -0.2) is 4.39 Å². The van der Waals surface area contributed by atoms with Gasteiger partial charge in [0, 0.05) is 0 Å². The molecule has 0 N–H and O–H groups in total. The predicted octanol–water partition coefficient (Wildman–Crippen LogP) is 21.4. The van der Waals surface area contributed by atoms with Gasteiger partial charge in [-0.1, -0.05) is 218 Å². The Morgan fingerprint density at radius 2 is 0.364 bits per heavy atom. The van der Waals surface area contributed by atoms with Crippen LogP contribution in [-0.2, 0) is 0 Å². The summed E-state index contributed by atoms with van der Waals surface area (Å²) in [6, 6.07) is 107. The van der Waals surface area contributed by atoms with Crippen LogP contribution in [0.2, 0.25) is 0 Å². The fourth-order valence-electron chi connectivity index (χ4n) is 11.7. The summed E-state index contributed by atoms with van der Waals surface area (Å²) in [4.78, 5) is 0. The minimum Gasteiger partial charge on any atom is -0.207 e. The highest BCUT2D eigenvalue weighted by atomic mass is 19.1. The van der Waals surface area contributed by atoms with E-state index >= 15 is 0 Å². The summed E-state index contributed by atoms with van der Waals surface area (Å²) in [6.07, 6.45) is 0. The van der Waals surface area contributed by atoms with Gasteiger partial charge in [0.15, 0.2) is 0 Å². The molecule has 0 saturated heterocycles. The fraction of sp³-hybridized carbons (Fsp3) is 0. The summed E-state index contributed by atoms with van der Waals surface area (Å²) in [7, 11) is 0. The van der Waals surface area contributed by atoms with Crippen LogP contribution in [0.25, 0.3) is 144 Å². The topological polar surface area (TPSA) is 0 Å². The normalized spacial score (nSPS) is 11.4. The van der Waals surface area contributed by atoms with E-state index < -0.39 is 0 Å². The first-order valence-corrected chi connectivity index (χ1v) is 26.4. The van der Waals surface area contributed by atoms with E-state index in [9.17, 15) is 4.39 Å². The van der Waals surface area contributed by atoms with Crippen molar-refractivity contribution in [1.82, 2.24) is 0 Å². The SMILES string of the molecule is Fc1ccc(-c2cc(-c3cc(-c4ccccc4)cc(-c4ccccc4)c3)c3ccc4c(-c5cc(-c6ccccc6)cc(-c6ccccc6)c5)cc(-c5cc(-c6ccccc6)cc(-c6ccccc6)c5)c5ccc2c3c54)cc1. The standard InChI is InChI=1S/C76H49F/c77-66-33-31-56(32-34-66)71-48-72(63-42-57(50-19-7-1-8-20-50)39-58(43-63)51-21-9-2-10-22-51)68-37-38-70-74(65-46-61(54-27-15-5-16-28-54)41-62(47-65)55-29-17-6-18-30-55)49-73(69-36-35-67(71)75(68)76(69)70)64-44-59(52-23-11-3-12-24-52)40-60(45-64)53-25-13-4-14-26-53/h1-49H. The summed E-state index contributed by atoms with van der Waals surface area (Å²) in [6.45, 7) is 0. The average Bonchev–Trinajstić information content (AvgIpc) is 3.53. The van der Waals surface area contributed by atoms with Gasteiger partial charge in [-0.3, -0.25) is 0 Å². The maximum absolute atomic E-state index is 15.0. The van der Waals surface area contributed by atoms with E-state index in [1.165, 1.54) is 21.5 Å². The van der Waals surface area contributed by atoms with E-state index in [-0.39, 0.29) is 5.82 Å². The maximum atomic E-state index is 15.0. The Kier molecular flexibility index (Phi) is 11.5. The van der Waals surface area contributed by atoms with E-state index in [1.807, 2.05) is 12.1 Å². The van der Waals surface area contributed by atoms with E-state index in [4.69, 9.17) is 0 Å². The first kappa shape index (κ1) is 45.6. The molecule has 0 atom stereocenters. The molecule has 14 rings (SSSR count). The van der Waals surface area contributed by atoms with Gasteiger partial charge in [-0.2, -0.15) is 0 Å². The summed E-state index contributed by atoms with van der Waals surface area (Å²) in [5.74, 6) is -0.260. The molecule has 0 radical (unpaired) electrons. The number of hydrogen-bond acceptors (Lipinski definition) is 0. The summed E-state index contributed by atoms with van der Waals surface area (Å²) in [5.41, 5.74) is 22.6. The third kappa shape index (κ3) is 8.55. The van der Waals surface area contributed by atoms with Crippen molar-refractivity contribution in [2.24, 2.45) is 0 Å². The second kappa shape index (κ2) is 19.4. The third-order valence-corrected chi connectivity index (χ3v) is 15.4. The molecule has 1 heteroatoms. The van der Waals surface area contributed by atoms with E-state index in [0.717, 1.165) is 122 Å². The summed E-state index contributed by atoms with van der Waals surface area (Å²) < 4.78 is 15.0. The van der Waals surface area contributed by atoms with E-state index in [0.29, 0.717) is 0 Å². The van der Waals surface area contributed by atoms with Crippen LogP contribution >= 0.6 is 0 Å². The van der Waals surface area contributed by atoms with Crippen molar-refractivity contribution < 1.29 is 4.39 Å². The molecule has 0 bridgehead atoms. The van der Waals surface area contributed by atoms with Gasteiger partial charge >= 0.3 is 0 Å². The fourth-order valence-corrected chi connectivity index (χ4v) is 11.7. The molecule has 0 saturated carbocycles. The van der Waals surface area contributed by atoms with E-state index in [1.54, 1.807) is 12.1 Å². The second-order valence-corrected chi connectivity index (χ2v) is 20.1. The van der Waals surface area contributed by atoms with Gasteiger partial charge in [-0.15, -0.1) is 0 Å². The van der Waals surface area contributed by atoms with Crippen molar-refractivity contribution >= 4 is 32.3 Å². The Morgan fingerprint density at radius 1 is 0.156 bits per heavy atom. The third-order valence-electron chi connectivity index (χ3n) is 15.4. The monoisotopic (exact) mass is 980 g/mol. The van der Waals surface area contributed by atoms with Crippen molar-refractivity contribution in [1.29, 1.82) is 0 Å². The van der Waals surface area contributed by atoms with Crippen LogP contribution in [0.5, 0.6) is 0 Å². The molecule has 0 spiro atoms. The summed E-state index contributed by atoms with van der Waals surface area (Å²) >= 11 is 0. The van der Waals surface area contributed by atoms with Crippen LogP contribution in [0.15, 0.2) is 297 Å². The van der Waals surface area contributed by atoms with Gasteiger partial charge in [0.05, 0.1) is 0 Å². The largest absolute Gasteiger partial charge is 0.207 e. The number of benzene rings is 14. The van der Waals surface area contributed by atoms with Crippen molar-refractivity contribution in [2.45, 2.75) is 0 Å². The Balaban J connectivity index is 1.13. The molecule has 14 aromatic rings. The lowest BCUT2D eigenvalue weighted by molar-refractivity contribution is 0.628. The van der Waals surface area contributed by atoms with Crippen LogP contribution in [0.3, 0.4) is 0 Å². The molecule has 77 heavy (non-hydrogen) atoms. The lowest BCUT2D eigenvalue weighted by atomic mass is 9.80. The first-order chi connectivity index (χ1) is 38.1. The van der Waals surface area contributed by atoms with Crippen LogP contribution in [-0.4, -0.2) is 0 Å². The second-order valence-electron chi connectivity index (χ2n) is 20.1. The zero-order valence-electron chi connectivity index (χ0n) is 42.2. The van der Waals surface area contributed by atoms with Gasteiger partial charge < -0.3 is 0 Å². The molecule has 0 aliphatic rings. The Bertz CT molecular complexity index is 4120. The smallest absolute Gasteiger partial charge is 0.123 e. The molecule has 0 aliphatic carbocycles. The maximum Gasteiger partial charge on any atom is 0.123 e. The first-order valence-electron chi connectivity index (χ1n) is 26.4. The molecule has 0 amide bonds. The lowest BCUT2D eigenvalue weighted by Crippen LogP contribution is -1.96. The number of hydrogen-bond donors (Lipinski definition) is 0. The Labute approximate surface area is 448 Å². The van der Waals surface area contributed by atoms with Crippen LogP contribution in [0, 0.1) is 5.82 Å². The highest BCUT2D eigenvalue weighted by molar-refractivity contribution is 6.32. The highest BCUT2D eigenvalue weighted by Crippen LogP contribution is 2.50. The molecule has 0 nitrogen and oxygen atoms in total. The van der Waals surface area contributed by atoms with Gasteiger partial charge in [0.2, 0.25) is 0 Å². The zero-order valence-corrected chi connectivity index (χ0v) is 42.2. The van der Waals surface area contributed by atoms with Crippen molar-refractivity contribution in [3.05, 3.63) is 303 Å². The van der Waals surface area contributed by atoms with Crippen LogP contribution in [0.4, 0.5) is 4.39 Å². The Morgan fingerprint density at radius 3 is 0.597 bits per heavy atom. The van der Waals surface area contributed by atoms with Crippen molar-refractivity contribution in [3.8, 4) is 111 Å². The van der Waals surface area contributed by atoms with Gasteiger partial charge in [0.25, 0.3) is 0 Å². The predicted molar refractivity (Wildman–Crippen MR) is 324 cm³/mol. The zero-order chi connectivity index (χ0) is 51.2. The molecule has 14 aromatic carbocycles. The van der Waals surface area contributed by atoms with Crippen LogP contribution in [0.1, 0.15) is 0 Å². The molecule has 0 unspecified atom stereocenters. The molecular weight excluding hydrogens is 932 g/mol. The molecule has 0 heterocycles. The van der Waals surface area contributed by atoms with Crippen LogP contribution < -0.4 is 0 Å². The number of halogens is 1. The highest BCUT2D eigenvalue weighted by Gasteiger charge is 2.23. The Hall–Kier alpha value is -9.95. The lowest BCUT2D eigenvalue weighted by Gasteiger charge is -2.23.